The van der Waals surface area contributed by atoms with Gasteiger partial charge in [-0.15, -0.1) is 0 Å². The van der Waals surface area contributed by atoms with Crippen LogP contribution in [0.4, 0.5) is 0 Å². The van der Waals surface area contributed by atoms with Gasteiger partial charge in [-0.2, -0.15) is 4.31 Å². The highest BCUT2D eigenvalue weighted by atomic mass is 32.2. The molecule has 0 atom stereocenters. The fraction of sp³-hybridized carbons (Fsp3) is 0.682. The largest absolute Gasteiger partial charge is 0.490 e. The molecule has 2 aliphatic carbocycles. The molecule has 1 aromatic carbocycles. The molecule has 1 aromatic rings. The van der Waals surface area contributed by atoms with Crippen molar-refractivity contribution in [2.75, 3.05) is 12.3 Å². The van der Waals surface area contributed by atoms with Crippen LogP contribution < -0.4 is 4.74 Å². The molecule has 4 rings (SSSR count). The maximum absolute atomic E-state index is 12.7. The van der Waals surface area contributed by atoms with E-state index >= 15 is 0 Å². The number of nitrogens with zero attached hydrogens (tertiary/aromatic N) is 1. The molecule has 0 unspecified atom stereocenters. The molecule has 0 spiro atoms. The van der Waals surface area contributed by atoms with E-state index in [0.29, 0.717) is 19.1 Å². The molecule has 0 aromatic heterocycles. The van der Waals surface area contributed by atoms with Crippen molar-refractivity contribution in [3.63, 3.8) is 0 Å². The molecule has 154 valence electrons. The minimum absolute atomic E-state index is 0.0657. The Morgan fingerprint density at radius 1 is 0.964 bits per heavy atom. The molecule has 0 radical (unpaired) electrons. The summed E-state index contributed by atoms with van der Waals surface area (Å²) in [5.74, 6) is 1.53. The van der Waals surface area contributed by atoms with E-state index in [4.69, 9.17) is 4.74 Å². The number of carbonyl (C=O) groups excluding carboxylic acids is 1. The van der Waals surface area contributed by atoms with Crippen LogP contribution in [0.2, 0.25) is 0 Å². The van der Waals surface area contributed by atoms with Gasteiger partial charge in [-0.3, -0.25) is 4.79 Å². The summed E-state index contributed by atoms with van der Waals surface area (Å²) in [6.45, 7) is 0.654. The van der Waals surface area contributed by atoms with E-state index in [1.807, 2.05) is 24.3 Å². The minimum atomic E-state index is -3.05. The summed E-state index contributed by atoms with van der Waals surface area (Å²) in [5.41, 5.74) is 1.04. The fourth-order valence-electron chi connectivity index (χ4n) is 4.98. The van der Waals surface area contributed by atoms with Crippen LogP contribution in [0.3, 0.4) is 0 Å². The van der Waals surface area contributed by atoms with Gasteiger partial charge in [-0.1, -0.05) is 12.1 Å². The first-order valence-electron chi connectivity index (χ1n) is 10.8. The van der Waals surface area contributed by atoms with Gasteiger partial charge in [0.05, 0.1) is 11.9 Å². The van der Waals surface area contributed by atoms with Crippen LogP contribution in [0.5, 0.6) is 5.75 Å². The lowest BCUT2D eigenvalue weighted by molar-refractivity contribution is -0.123. The Labute approximate surface area is 168 Å². The Morgan fingerprint density at radius 2 is 1.64 bits per heavy atom. The Morgan fingerprint density at radius 3 is 2.25 bits per heavy atom. The lowest BCUT2D eigenvalue weighted by Gasteiger charge is -2.33. The number of Topliss-reactive ketones (excluding diaryl/α,β-unsaturated/α-hetero) is 1. The molecule has 0 N–H and O–H groups in total. The molecular formula is C22H31NO4S. The standard InChI is InChI=1S/C22H31NO4S/c24-22(16-17-6-12-21(13-7-17)27-20-4-1-2-5-20)18-8-10-19(11-9-18)23-14-3-15-28(23,25)26/h6-7,12-13,18-20H,1-5,8-11,14-16H2. The molecule has 1 heterocycles. The first-order chi connectivity index (χ1) is 13.5. The van der Waals surface area contributed by atoms with Crippen molar-refractivity contribution >= 4 is 15.8 Å². The number of ether oxygens (including phenoxy) is 1. The summed E-state index contributed by atoms with van der Waals surface area (Å²) in [6, 6.07) is 8.07. The smallest absolute Gasteiger partial charge is 0.214 e. The second-order valence-corrected chi connectivity index (χ2v) is 10.6. The Kier molecular flexibility index (Phi) is 6.07. The fourth-order valence-corrected chi connectivity index (χ4v) is 6.79. The van der Waals surface area contributed by atoms with Gasteiger partial charge in [0.15, 0.2) is 0 Å². The zero-order chi connectivity index (χ0) is 19.6. The number of ketones is 1. The first kappa shape index (κ1) is 19.9. The van der Waals surface area contributed by atoms with E-state index in [1.54, 1.807) is 4.31 Å². The normalized spacial score (nSPS) is 28.4. The predicted molar refractivity (Wildman–Crippen MR) is 109 cm³/mol. The Balaban J connectivity index is 1.26. The highest BCUT2D eigenvalue weighted by Crippen LogP contribution is 2.32. The number of rotatable bonds is 6. The SMILES string of the molecule is O=C(Cc1ccc(OC2CCCC2)cc1)C1CCC(N2CCCS2(=O)=O)CC1. The maximum atomic E-state index is 12.7. The van der Waals surface area contributed by atoms with E-state index < -0.39 is 10.0 Å². The van der Waals surface area contributed by atoms with Crippen LogP contribution in [0.25, 0.3) is 0 Å². The van der Waals surface area contributed by atoms with Gasteiger partial charge in [0.1, 0.15) is 11.5 Å². The van der Waals surface area contributed by atoms with Crippen molar-refractivity contribution in [3.05, 3.63) is 29.8 Å². The number of hydrogen-bond donors (Lipinski definition) is 0. The van der Waals surface area contributed by atoms with Crippen molar-refractivity contribution in [2.45, 2.75) is 76.4 Å². The summed E-state index contributed by atoms with van der Waals surface area (Å²) >= 11 is 0. The van der Waals surface area contributed by atoms with Crippen molar-refractivity contribution in [2.24, 2.45) is 5.92 Å². The number of hydrogen-bond acceptors (Lipinski definition) is 4. The quantitative estimate of drug-likeness (QED) is 0.724. The molecule has 3 fully saturated rings. The van der Waals surface area contributed by atoms with E-state index in [1.165, 1.54) is 12.8 Å². The summed E-state index contributed by atoms with van der Waals surface area (Å²) < 4.78 is 31.9. The van der Waals surface area contributed by atoms with Gasteiger partial charge in [0, 0.05) is 24.9 Å². The zero-order valence-corrected chi connectivity index (χ0v) is 17.3. The van der Waals surface area contributed by atoms with Crippen molar-refractivity contribution in [1.82, 2.24) is 4.31 Å². The van der Waals surface area contributed by atoms with E-state index in [2.05, 4.69) is 0 Å². The average molecular weight is 406 g/mol. The second-order valence-electron chi connectivity index (χ2n) is 8.60. The number of benzene rings is 1. The molecule has 28 heavy (non-hydrogen) atoms. The zero-order valence-electron chi connectivity index (χ0n) is 16.5. The Bertz CT molecular complexity index is 775. The second kappa shape index (κ2) is 8.54. The monoisotopic (exact) mass is 405 g/mol. The van der Waals surface area contributed by atoms with Gasteiger partial charge >= 0.3 is 0 Å². The van der Waals surface area contributed by atoms with Crippen LogP contribution in [-0.4, -0.2) is 42.9 Å². The van der Waals surface area contributed by atoms with E-state index in [-0.39, 0.29) is 23.5 Å². The molecule has 3 aliphatic rings. The molecular weight excluding hydrogens is 374 g/mol. The highest BCUT2D eigenvalue weighted by molar-refractivity contribution is 7.89. The van der Waals surface area contributed by atoms with Crippen LogP contribution in [-0.2, 0) is 21.2 Å². The van der Waals surface area contributed by atoms with Crippen molar-refractivity contribution < 1.29 is 17.9 Å². The van der Waals surface area contributed by atoms with Gasteiger partial charge in [0.2, 0.25) is 10.0 Å². The molecule has 5 nitrogen and oxygen atoms in total. The third-order valence-corrected chi connectivity index (χ3v) is 8.60. The molecule has 6 heteroatoms. The van der Waals surface area contributed by atoms with Gasteiger partial charge < -0.3 is 4.74 Å². The Hall–Kier alpha value is -1.40. The molecule has 1 aliphatic heterocycles. The van der Waals surface area contributed by atoms with Crippen LogP contribution in [0, 0.1) is 5.92 Å². The van der Waals surface area contributed by atoms with Gasteiger partial charge in [0.25, 0.3) is 0 Å². The molecule has 2 saturated carbocycles. The van der Waals surface area contributed by atoms with Crippen LogP contribution in [0.1, 0.15) is 63.4 Å². The van der Waals surface area contributed by atoms with Crippen molar-refractivity contribution in [1.29, 1.82) is 0 Å². The topological polar surface area (TPSA) is 63.7 Å². The lowest BCUT2D eigenvalue weighted by Crippen LogP contribution is -2.40. The van der Waals surface area contributed by atoms with Gasteiger partial charge in [-0.25, -0.2) is 8.42 Å². The van der Waals surface area contributed by atoms with E-state index in [0.717, 1.165) is 56.3 Å². The lowest BCUT2D eigenvalue weighted by atomic mass is 9.82. The van der Waals surface area contributed by atoms with E-state index in [9.17, 15) is 13.2 Å². The minimum Gasteiger partial charge on any atom is -0.490 e. The highest BCUT2D eigenvalue weighted by Gasteiger charge is 2.37. The third-order valence-electron chi connectivity index (χ3n) is 6.60. The van der Waals surface area contributed by atoms with Crippen LogP contribution in [0.15, 0.2) is 24.3 Å². The molecule has 0 amide bonds. The maximum Gasteiger partial charge on any atom is 0.214 e. The molecule has 1 saturated heterocycles. The van der Waals surface area contributed by atoms with Crippen LogP contribution >= 0.6 is 0 Å². The number of carbonyl (C=O) groups is 1. The number of sulfonamides is 1. The summed E-state index contributed by atoms with van der Waals surface area (Å²) in [5, 5.41) is 0. The summed E-state index contributed by atoms with van der Waals surface area (Å²) in [6.07, 6.45) is 9.56. The summed E-state index contributed by atoms with van der Waals surface area (Å²) in [4.78, 5) is 12.7. The van der Waals surface area contributed by atoms with Gasteiger partial charge in [-0.05, 0) is 75.5 Å². The predicted octanol–water partition coefficient (Wildman–Crippen LogP) is 3.71. The average Bonchev–Trinajstić information content (AvgIpc) is 3.32. The summed E-state index contributed by atoms with van der Waals surface area (Å²) in [7, 11) is -3.05. The van der Waals surface area contributed by atoms with Crippen molar-refractivity contribution in [3.8, 4) is 5.75 Å². The first-order valence-corrected chi connectivity index (χ1v) is 12.4. The third kappa shape index (κ3) is 4.60. The molecule has 0 bridgehead atoms.